The van der Waals surface area contributed by atoms with Crippen LogP contribution in [0.4, 0.5) is 18.9 Å². The van der Waals surface area contributed by atoms with Gasteiger partial charge in [-0.1, -0.05) is 15.3 Å². The zero-order chi connectivity index (χ0) is 19.5. The molecule has 4 N–H and O–H groups in total. The van der Waals surface area contributed by atoms with Crippen LogP contribution in [-0.4, -0.2) is 15.6 Å². The van der Waals surface area contributed by atoms with Crippen molar-refractivity contribution in [3.8, 4) is 0 Å². The average Bonchev–Trinajstić information content (AvgIpc) is 2.54. The van der Waals surface area contributed by atoms with Gasteiger partial charge in [-0.2, -0.15) is 8.78 Å². The fourth-order valence-electron chi connectivity index (χ4n) is 2.33. The van der Waals surface area contributed by atoms with E-state index in [1.54, 1.807) is 24.3 Å². The van der Waals surface area contributed by atoms with E-state index in [-0.39, 0.29) is 6.42 Å². The maximum absolute atomic E-state index is 13.4. The van der Waals surface area contributed by atoms with Crippen molar-refractivity contribution in [3.63, 3.8) is 0 Å². The predicted octanol–water partition coefficient (Wildman–Crippen LogP) is 3.34. The normalized spacial score (nSPS) is 13.9. The maximum Gasteiger partial charge on any atom is 0.295 e. The first kappa shape index (κ1) is 21.0. The van der Waals surface area contributed by atoms with E-state index in [1.807, 2.05) is 0 Å². The third-order valence-corrected chi connectivity index (χ3v) is 5.25. The van der Waals surface area contributed by atoms with Gasteiger partial charge in [0.2, 0.25) is 0 Å². The van der Waals surface area contributed by atoms with Crippen LogP contribution in [0.2, 0.25) is 0 Å². The van der Waals surface area contributed by atoms with Crippen molar-refractivity contribution in [1.29, 1.82) is 5.41 Å². The van der Waals surface area contributed by atoms with Gasteiger partial charge in [0, 0.05) is 12.1 Å². The Bertz CT molecular complexity index is 828. The summed E-state index contributed by atoms with van der Waals surface area (Å²) in [4.78, 5) is 0.421. The molecule has 0 heterocycles. The summed E-state index contributed by atoms with van der Waals surface area (Å²) < 4.78 is 51.5. The highest BCUT2D eigenvalue weighted by Crippen LogP contribution is 2.31. The second-order valence-electron chi connectivity index (χ2n) is 5.60. The minimum absolute atomic E-state index is 0.284. The molecular formula is C16H18F3N3OP2S. The van der Waals surface area contributed by atoms with E-state index in [9.17, 15) is 17.4 Å². The fourth-order valence-corrected chi connectivity index (χ4v) is 3.31. The Morgan fingerprint density at radius 3 is 2.38 bits per heavy atom. The molecule has 2 aromatic carbocycles. The summed E-state index contributed by atoms with van der Waals surface area (Å²) >= 11 is 0. The number of nitrogens with two attached hydrogens (primary N) is 1. The second kappa shape index (κ2) is 8.57. The largest absolute Gasteiger partial charge is 0.378 e. The van der Waals surface area contributed by atoms with Crippen LogP contribution >= 0.6 is 18.5 Å². The Hall–Kier alpha value is -1.33. The van der Waals surface area contributed by atoms with Crippen LogP contribution in [0.5, 0.6) is 0 Å². The monoisotopic (exact) mass is 419 g/mol. The van der Waals surface area contributed by atoms with Gasteiger partial charge in [-0.3, -0.25) is 0 Å². The molecular weight excluding hydrogens is 401 g/mol. The van der Waals surface area contributed by atoms with Crippen LogP contribution in [0.25, 0.3) is 0 Å². The molecule has 2 aromatic rings. The zero-order valence-corrected chi connectivity index (χ0v) is 16.6. The van der Waals surface area contributed by atoms with Crippen molar-refractivity contribution in [1.82, 2.24) is 0 Å². The van der Waals surface area contributed by atoms with Crippen LogP contribution in [0, 0.1) is 11.2 Å². The molecule has 10 heteroatoms. The average molecular weight is 419 g/mol. The molecule has 26 heavy (non-hydrogen) atoms. The van der Waals surface area contributed by atoms with Crippen molar-refractivity contribution in [3.05, 3.63) is 53.8 Å². The number of hydrogen-bond donors (Lipinski definition) is 3. The summed E-state index contributed by atoms with van der Waals surface area (Å²) in [6.07, 6.45) is -0.284. The first-order valence-electron chi connectivity index (χ1n) is 7.40. The van der Waals surface area contributed by atoms with Gasteiger partial charge in [0.15, 0.2) is 0 Å². The first-order valence-corrected chi connectivity index (χ1v) is 9.77. The Kier molecular flexibility index (Phi) is 6.92. The van der Waals surface area contributed by atoms with E-state index in [0.29, 0.717) is 21.5 Å². The van der Waals surface area contributed by atoms with Gasteiger partial charge in [-0.15, -0.1) is 9.24 Å². The van der Waals surface area contributed by atoms with E-state index in [4.69, 9.17) is 10.5 Å². The minimum atomic E-state index is -3.33. The van der Waals surface area contributed by atoms with E-state index < -0.39 is 34.2 Å². The first-order chi connectivity index (χ1) is 12.1. The van der Waals surface area contributed by atoms with Crippen molar-refractivity contribution in [2.75, 3.05) is 5.32 Å². The van der Waals surface area contributed by atoms with Gasteiger partial charge in [0.25, 0.3) is 5.66 Å². The minimum Gasteiger partial charge on any atom is -0.378 e. The summed E-state index contributed by atoms with van der Waals surface area (Å²) in [5, 5.41) is 16.5. The van der Waals surface area contributed by atoms with Gasteiger partial charge in [0.05, 0.1) is 16.6 Å². The van der Waals surface area contributed by atoms with E-state index in [1.165, 1.54) is 27.4 Å². The fraction of sp³-hybridized carbons (Fsp3) is 0.188. The molecule has 0 aliphatic heterocycles. The molecule has 4 unspecified atom stereocenters. The highest BCUT2D eigenvalue weighted by atomic mass is 32.2. The van der Waals surface area contributed by atoms with Crippen LogP contribution in [0.3, 0.4) is 0 Å². The Labute approximate surface area is 156 Å². The third kappa shape index (κ3) is 5.58. The molecule has 0 amide bonds. The van der Waals surface area contributed by atoms with Crippen LogP contribution < -0.4 is 15.8 Å². The molecule has 4 atom stereocenters. The quantitative estimate of drug-likeness (QED) is 0.476. The number of alkyl halides is 2. The van der Waals surface area contributed by atoms with Gasteiger partial charge in [-0.05, 0) is 47.3 Å². The standard InChI is InChI=1S/C16H18F3N3OP2S/c17-9-1-6-12(14(24)7-9)13(8-15(20)16(18,19)25)22-10-2-4-11(5-3-10)26(21)23/h1-7,13,20,22H,8,21,24-25H2. The number of rotatable bonds is 7. The number of halogens is 3. The molecule has 0 aliphatic carbocycles. The molecule has 0 aliphatic rings. The van der Waals surface area contributed by atoms with E-state index in [0.717, 1.165) is 0 Å². The second-order valence-corrected chi connectivity index (χ2v) is 8.01. The van der Waals surface area contributed by atoms with Gasteiger partial charge in [0.1, 0.15) is 16.8 Å². The molecule has 0 fully saturated rings. The lowest BCUT2D eigenvalue weighted by Gasteiger charge is -2.24. The predicted molar refractivity (Wildman–Crippen MR) is 106 cm³/mol. The van der Waals surface area contributed by atoms with Gasteiger partial charge < -0.3 is 10.7 Å². The molecule has 0 radical (unpaired) electrons. The van der Waals surface area contributed by atoms with Crippen molar-refractivity contribution >= 4 is 46.2 Å². The lowest BCUT2D eigenvalue weighted by atomic mass is 10.00. The van der Waals surface area contributed by atoms with E-state index >= 15 is 0 Å². The molecule has 140 valence electrons. The molecule has 0 saturated heterocycles. The molecule has 0 spiro atoms. The Balaban J connectivity index is 2.33. The number of nitrogens with one attached hydrogen (secondary N) is 2. The number of benzene rings is 2. The van der Waals surface area contributed by atoms with Crippen molar-refractivity contribution in [2.24, 2.45) is 5.14 Å². The lowest BCUT2D eigenvalue weighted by molar-refractivity contribution is 0.179. The maximum atomic E-state index is 13.4. The molecule has 4 nitrogen and oxygen atoms in total. The summed E-state index contributed by atoms with van der Waals surface area (Å²) in [6, 6.07) is 9.65. The topological polar surface area (TPSA) is 79.0 Å². The summed E-state index contributed by atoms with van der Waals surface area (Å²) in [5.41, 5.74) is -2.96. The van der Waals surface area contributed by atoms with Crippen LogP contribution in [0.15, 0.2) is 47.4 Å². The molecule has 0 bridgehead atoms. The molecule has 0 aromatic heterocycles. The Morgan fingerprint density at radius 2 is 1.88 bits per heavy atom. The van der Waals surface area contributed by atoms with Crippen molar-refractivity contribution < 1.29 is 17.4 Å². The highest BCUT2D eigenvalue weighted by Gasteiger charge is 2.31. The molecule has 0 saturated carbocycles. The lowest BCUT2D eigenvalue weighted by Crippen LogP contribution is -2.27. The van der Waals surface area contributed by atoms with Crippen LogP contribution in [0.1, 0.15) is 18.0 Å². The Morgan fingerprint density at radius 1 is 1.27 bits per heavy atom. The van der Waals surface area contributed by atoms with Crippen molar-refractivity contribution in [2.45, 2.75) is 23.0 Å². The number of hydrogen-bond acceptors (Lipinski definition) is 3. The smallest absolute Gasteiger partial charge is 0.295 e. The van der Waals surface area contributed by atoms with E-state index in [2.05, 4.69) is 14.6 Å². The zero-order valence-electron chi connectivity index (χ0n) is 13.5. The summed E-state index contributed by atoms with van der Waals surface area (Å²) in [7, 11) is 2.09. The van der Waals surface area contributed by atoms with Gasteiger partial charge in [-0.25, -0.2) is 13.7 Å². The molecule has 2 rings (SSSR count). The number of anilines is 1. The third-order valence-electron chi connectivity index (χ3n) is 3.66. The summed E-state index contributed by atoms with van der Waals surface area (Å²) in [5.74, 6) is -0.446. The van der Waals surface area contributed by atoms with Crippen LogP contribution in [-0.2, 0) is 11.0 Å². The SMILES string of the molecule is N=C(CC(Nc1ccc(S(N)=O)cc1)c1ccc(F)cc1P)C(F)(F)P. The summed E-state index contributed by atoms with van der Waals surface area (Å²) in [6.45, 7) is 0. The van der Waals surface area contributed by atoms with Gasteiger partial charge >= 0.3 is 0 Å². The highest BCUT2D eigenvalue weighted by molar-refractivity contribution is 7.82.